The quantitative estimate of drug-likeness (QED) is 0.574. The smallest absolute Gasteiger partial charge is 0.121 e. The Bertz CT molecular complexity index is 81.0. The maximum absolute atomic E-state index is 9.92. The van der Waals surface area contributed by atoms with Crippen LogP contribution in [-0.4, -0.2) is 12.3 Å². The molecule has 0 amide bonds. The van der Waals surface area contributed by atoms with Crippen LogP contribution in [-0.2, 0) is 4.79 Å². The second-order valence-electron chi connectivity index (χ2n) is 2.79. The lowest BCUT2D eigenvalue weighted by Crippen LogP contribution is -2.22. The lowest BCUT2D eigenvalue weighted by Gasteiger charge is -2.09. The van der Waals surface area contributed by atoms with E-state index < -0.39 is 0 Å². The van der Waals surface area contributed by atoms with Gasteiger partial charge >= 0.3 is 0 Å². The maximum Gasteiger partial charge on any atom is 0.121 e. The van der Waals surface area contributed by atoms with Crippen molar-refractivity contribution < 1.29 is 4.79 Å². The van der Waals surface area contributed by atoms with Gasteiger partial charge in [0.1, 0.15) is 6.29 Å². The number of carbonyl (C=O) groups is 1. The summed E-state index contributed by atoms with van der Waals surface area (Å²) in [7, 11) is 0. The molecule has 0 saturated heterocycles. The first-order chi connectivity index (χ1) is 4.16. The van der Waals surface area contributed by atoms with Gasteiger partial charge in [-0.3, -0.25) is 0 Å². The summed E-state index contributed by atoms with van der Waals surface area (Å²) in [4.78, 5) is 9.92. The molecule has 2 nitrogen and oxygen atoms in total. The van der Waals surface area contributed by atoms with Gasteiger partial charge in [0.2, 0.25) is 0 Å². The summed E-state index contributed by atoms with van der Waals surface area (Å²) in [5.41, 5.74) is 5.55. The number of aldehydes is 1. The van der Waals surface area contributed by atoms with E-state index in [-0.39, 0.29) is 6.04 Å². The third-order valence-corrected chi connectivity index (χ3v) is 1.17. The second kappa shape index (κ2) is 4.50. The van der Waals surface area contributed by atoms with Crippen LogP contribution < -0.4 is 5.73 Å². The van der Waals surface area contributed by atoms with Crippen molar-refractivity contribution >= 4 is 6.29 Å². The van der Waals surface area contributed by atoms with Gasteiger partial charge in [0.15, 0.2) is 0 Å². The normalized spacial score (nSPS) is 13.8. The zero-order chi connectivity index (χ0) is 7.28. The van der Waals surface area contributed by atoms with Crippen molar-refractivity contribution in [2.75, 3.05) is 0 Å². The Labute approximate surface area is 56.4 Å². The molecule has 1 unspecified atom stereocenters. The fourth-order valence-corrected chi connectivity index (χ4v) is 0.825. The highest BCUT2D eigenvalue weighted by Crippen LogP contribution is 2.03. The predicted molar refractivity (Wildman–Crippen MR) is 38.1 cm³/mol. The molecule has 0 saturated carbocycles. The molecule has 54 valence electrons. The van der Waals surface area contributed by atoms with Gasteiger partial charge in [-0.25, -0.2) is 0 Å². The molecule has 0 spiro atoms. The van der Waals surface area contributed by atoms with E-state index in [4.69, 9.17) is 5.73 Å². The Morgan fingerprint density at radius 1 is 1.56 bits per heavy atom. The Kier molecular flexibility index (Phi) is 4.32. The summed E-state index contributed by atoms with van der Waals surface area (Å²) in [6.07, 6.45) is 2.32. The Morgan fingerprint density at radius 3 is 2.44 bits per heavy atom. The average Bonchev–Trinajstić information content (AvgIpc) is 1.63. The van der Waals surface area contributed by atoms with Gasteiger partial charge in [-0.15, -0.1) is 0 Å². The number of nitrogens with two attached hydrogens (primary N) is 1. The van der Waals surface area contributed by atoms with Crippen molar-refractivity contribution in [2.45, 2.75) is 32.7 Å². The molecule has 0 aliphatic carbocycles. The van der Waals surface area contributed by atoms with Crippen molar-refractivity contribution in [1.82, 2.24) is 0 Å². The first-order valence-corrected chi connectivity index (χ1v) is 3.36. The maximum atomic E-state index is 9.92. The second-order valence-corrected chi connectivity index (χ2v) is 2.79. The molecular formula is C7H15NO. The van der Waals surface area contributed by atoms with Gasteiger partial charge in [0, 0.05) is 12.5 Å². The summed E-state index contributed by atoms with van der Waals surface area (Å²) in [6.45, 7) is 4.20. The first-order valence-electron chi connectivity index (χ1n) is 3.36. The monoisotopic (exact) mass is 129 g/mol. The number of rotatable bonds is 4. The Balaban J connectivity index is 3.25. The summed E-state index contributed by atoms with van der Waals surface area (Å²) < 4.78 is 0. The van der Waals surface area contributed by atoms with Crippen molar-refractivity contribution in [3.05, 3.63) is 0 Å². The molecule has 0 aromatic carbocycles. The highest BCUT2D eigenvalue weighted by Gasteiger charge is 2.02. The van der Waals surface area contributed by atoms with Crippen LogP contribution in [0.3, 0.4) is 0 Å². The first kappa shape index (κ1) is 8.63. The summed E-state index contributed by atoms with van der Waals surface area (Å²) in [5.74, 6) is 0.597. The van der Waals surface area contributed by atoms with Crippen molar-refractivity contribution in [2.24, 2.45) is 11.7 Å². The average molecular weight is 129 g/mol. The van der Waals surface area contributed by atoms with Gasteiger partial charge < -0.3 is 10.5 Å². The van der Waals surface area contributed by atoms with Crippen LogP contribution >= 0.6 is 0 Å². The van der Waals surface area contributed by atoms with Crippen molar-refractivity contribution in [3.63, 3.8) is 0 Å². The van der Waals surface area contributed by atoms with Gasteiger partial charge in [-0.1, -0.05) is 13.8 Å². The standard InChI is InChI=1S/C7H15NO/c1-6(2)5-7(8)3-4-9/h4,6-7H,3,5,8H2,1-2H3. The molecule has 0 aromatic heterocycles. The summed E-state index contributed by atoms with van der Waals surface area (Å²) in [6, 6.07) is 0.0718. The largest absolute Gasteiger partial charge is 0.327 e. The van der Waals surface area contributed by atoms with E-state index in [9.17, 15) is 4.79 Å². The third-order valence-electron chi connectivity index (χ3n) is 1.17. The van der Waals surface area contributed by atoms with E-state index in [1.54, 1.807) is 0 Å². The SMILES string of the molecule is CC(C)CC(N)CC=O. The van der Waals surface area contributed by atoms with Crippen LogP contribution in [0.25, 0.3) is 0 Å². The van der Waals surface area contributed by atoms with E-state index in [1.807, 2.05) is 0 Å². The van der Waals surface area contributed by atoms with Crippen LogP contribution in [0.4, 0.5) is 0 Å². The molecular weight excluding hydrogens is 114 g/mol. The lowest BCUT2D eigenvalue weighted by atomic mass is 10.0. The molecule has 0 aromatic rings. The topological polar surface area (TPSA) is 43.1 Å². The van der Waals surface area contributed by atoms with Gasteiger partial charge in [0.05, 0.1) is 0 Å². The van der Waals surface area contributed by atoms with Crippen molar-refractivity contribution in [1.29, 1.82) is 0 Å². The number of hydrogen-bond acceptors (Lipinski definition) is 2. The number of hydrogen-bond donors (Lipinski definition) is 1. The van der Waals surface area contributed by atoms with Gasteiger partial charge in [-0.05, 0) is 12.3 Å². The molecule has 0 bridgehead atoms. The molecule has 0 aliphatic heterocycles. The molecule has 0 rings (SSSR count). The highest BCUT2D eigenvalue weighted by molar-refractivity contribution is 5.50. The van der Waals surface area contributed by atoms with E-state index in [2.05, 4.69) is 13.8 Å². The summed E-state index contributed by atoms with van der Waals surface area (Å²) in [5, 5.41) is 0. The molecule has 0 fully saturated rings. The molecule has 2 N–H and O–H groups in total. The molecule has 0 aliphatic rings. The minimum absolute atomic E-state index is 0.0718. The summed E-state index contributed by atoms with van der Waals surface area (Å²) >= 11 is 0. The van der Waals surface area contributed by atoms with Crippen LogP contribution in [0.1, 0.15) is 26.7 Å². The number of carbonyl (C=O) groups excluding carboxylic acids is 1. The van der Waals surface area contributed by atoms with Crippen LogP contribution in [0.5, 0.6) is 0 Å². The molecule has 9 heavy (non-hydrogen) atoms. The minimum atomic E-state index is 0.0718. The highest BCUT2D eigenvalue weighted by atomic mass is 16.1. The van der Waals surface area contributed by atoms with Gasteiger partial charge in [-0.2, -0.15) is 0 Å². The minimum Gasteiger partial charge on any atom is -0.327 e. The van der Waals surface area contributed by atoms with Crippen LogP contribution in [0, 0.1) is 5.92 Å². The Morgan fingerprint density at radius 2 is 2.11 bits per heavy atom. The Hall–Kier alpha value is -0.370. The zero-order valence-corrected chi connectivity index (χ0v) is 6.13. The van der Waals surface area contributed by atoms with Crippen molar-refractivity contribution in [3.8, 4) is 0 Å². The fourth-order valence-electron chi connectivity index (χ4n) is 0.825. The van der Waals surface area contributed by atoms with Gasteiger partial charge in [0.25, 0.3) is 0 Å². The van der Waals surface area contributed by atoms with Crippen LogP contribution in [0.15, 0.2) is 0 Å². The zero-order valence-electron chi connectivity index (χ0n) is 6.13. The molecule has 0 heterocycles. The van der Waals surface area contributed by atoms with E-state index in [0.717, 1.165) is 12.7 Å². The predicted octanol–water partition coefficient (Wildman–Crippen LogP) is 0.949. The molecule has 0 radical (unpaired) electrons. The molecule has 1 atom stereocenters. The lowest BCUT2D eigenvalue weighted by molar-refractivity contribution is -0.108. The van der Waals surface area contributed by atoms with Crippen LogP contribution in [0.2, 0.25) is 0 Å². The van der Waals surface area contributed by atoms with E-state index in [1.165, 1.54) is 0 Å². The molecule has 2 heteroatoms. The third kappa shape index (κ3) is 5.50. The van der Waals surface area contributed by atoms with E-state index >= 15 is 0 Å². The fraction of sp³-hybridized carbons (Fsp3) is 0.857. The van der Waals surface area contributed by atoms with E-state index in [0.29, 0.717) is 12.3 Å².